The molecule has 0 amide bonds. The van der Waals surface area contributed by atoms with Crippen LogP contribution in [0.15, 0.2) is 22.7 Å². The van der Waals surface area contributed by atoms with Gasteiger partial charge in [-0.3, -0.25) is 0 Å². The lowest BCUT2D eigenvalue weighted by atomic mass is 9.78. The SMILES string of the molecule is OC1(Cc2cc(Br)ccc2F)CCN2CCC1C2. The Balaban J connectivity index is 1.84. The van der Waals surface area contributed by atoms with Crippen LogP contribution < -0.4 is 0 Å². The first kappa shape index (κ1) is 12.6. The van der Waals surface area contributed by atoms with E-state index in [-0.39, 0.29) is 5.82 Å². The molecule has 4 heteroatoms. The summed E-state index contributed by atoms with van der Waals surface area (Å²) in [7, 11) is 0. The zero-order valence-corrected chi connectivity index (χ0v) is 11.8. The van der Waals surface area contributed by atoms with Crippen molar-refractivity contribution in [1.29, 1.82) is 0 Å². The lowest BCUT2D eigenvalue weighted by Crippen LogP contribution is -2.48. The molecule has 98 valence electrons. The molecule has 18 heavy (non-hydrogen) atoms. The van der Waals surface area contributed by atoms with Crippen molar-refractivity contribution < 1.29 is 9.50 Å². The zero-order valence-electron chi connectivity index (χ0n) is 10.2. The van der Waals surface area contributed by atoms with Crippen LogP contribution in [0.4, 0.5) is 4.39 Å². The van der Waals surface area contributed by atoms with Gasteiger partial charge in [0.25, 0.3) is 0 Å². The van der Waals surface area contributed by atoms with Gasteiger partial charge in [0.05, 0.1) is 5.60 Å². The minimum Gasteiger partial charge on any atom is -0.389 e. The maximum absolute atomic E-state index is 13.8. The predicted octanol–water partition coefficient (Wildman–Crippen LogP) is 2.59. The Hall–Kier alpha value is -0.450. The third-order valence-electron chi connectivity index (χ3n) is 4.40. The molecule has 0 spiro atoms. The van der Waals surface area contributed by atoms with Crippen LogP contribution in [0.2, 0.25) is 0 Å². The molecule has 0 aliphatic carbocycles. The van der Waals surface area contributed by atoms with Gasteiger partial charge in [-0.05, 0) is 43.1 Å². The minimum atomic E-state index is -0.728. The van der Waals surface area contributed by atoms with E-state index in [1.54, 1.807) is 12.1 Å². The smallest absolute Gasteiger partial charge is 0.126 e. The molecule has 3 rings (SSSR count). The van der Waals surface area contributed by atoms with Crippen molar-refractivity contribution in [2.75, 3.05) is 19.6 Å². The number of nitrogens with zero attached hydrogens (tertiary/aromatic N) is 1. The average molecular weight is 314 g/mol. The summed E-state index contributed by atoms with van der Waals surface area (Å²) in [5, 5.41) is 10.8. The maximum Gasteiger partial charge on any atom is 0.126 e. The van der Waals surface area contributed by atoms with E-state index in [2.05, 4.69) is 20.8 Å². The van der Waals surface area contributed by atoms with E-state index in [1.807, 2.05) is 0 Å². The van der Waals surface area contributed by atoms with Crippen LogP contribution in [0.3, 0.4) is 0 Å². The van der Waals surface area contributed by atoms with Gasteiger partial charge in [0, 0.05) is 29.9 Å². The first-order valence-corrected chi connectivity index (χ1v) is 7.25. The van der Waals surface area contributed by atoms with Crippen LogP contribution in [0.1, 0.15) is 18.4 Å². The van der Waals surface area contributed by atoms with Gasteiger partial charge in [0.1, 0.15) is 5.82 Å². The summed E-state index contributed by atoms with van der Waals surface area (Å²) < 4.78 is 14.7. The van der Waals surface area contributed by atoms with Crippen molar-refractivity contribution in [2.45, 2.75) is 24.9 Å². The molecule has 1 aromatic rings. The highest BCUT2D eigenvalue weighted by molar-refractivity contribution is 9.10. The molecular weight excluding hydrogens is 297 g/mol. The van der Waals surface area contributed by atoms with E-state index < -0.39 is 5.60 Å². The average Bonchev–Trinajstić information content (AvgIpc) is 2.75. The van der Waals surface area contributed by atoms with Crippen molar-refractivity contribution in [3.05, 3.63) is 34.1 Å². The van der Waals surface area contributed by atoms with E-state index in [9.17, 15) is 9.50 Å². The van der Waals surface area contributed by atoms with E-state index in [0.717, 1.165) is 36.9 Å². The van der Waals surface area contributed by atoms with Crippen molar-refractivity contribution in [2.24, 2.45) is 5.92 Å². The normalized spacial score (nSPS) is 34.8. The van der Waals surface area contributed by atoms with Gasteiger partial charge in [-0.1, -0.05) is 15.9 Å². The first-order valence-electron chi connectivity index (χ1n) is 6.45. The van der Waals surface area contributed by atoms with Crippen molar-refractivity contribution in [3.63, 3.8) is 0 Å². The molecule has 1 aromatic carbocycles. The Morgan fingerprint density at radius 2 is 2.28 bits per heavy atom. The number of piperidine rings is 1. The Bertz CT molecular complexity index is 467. The summed E-state index contributed by atoms with van der Waals surface area (Å²) in [6.07, 6.45) is 2.21. The molecule has 3 unspecified atom stereocenters. The van der Waals surface area contributed by atoms with Gasteiger partial charge in [0.2, 0.25) is 0 Å². The number of rotatable bonds is 2. The lowest BCUT2D eigenvalue weighted by Gasteiger charge is -2.39. The second-order valence-corrected chi connectivity index (χ2v) is 6.47. The summed E-state index contributed by atoms with van der Waals surface area (Å²) in [5.41, 5.74) is -0.110. The standard InChI is InChI=1S/C14H17BrFNO/c15-12-1-2-13(16)10(7-12)8-14(18)4-6-17-5-3-11(14)9-17/h1-2,7,11,18H,3-6,8-9H2. The summed E-state index contributed by atoms with van der Waals surface area (Å²) in [6, 6.07) is 4.95. The second-order valence-electron chi connectivity index (χ2n) is 5.55. The molecule has 2 fully saturated rings. The molecule has 2 aliphatic rings. The zero-order chi connectivity index (χ0) is 12.8. The third-order valence-corrected chi connectivity index (χ3v) is 4.89. The quantitative estimate of drug-likeness (QED) is 0.907. The highest BCUT2D eigenvalue weighted by atomic mass is 79.9. The summed E-state index contributed by atoms with van der Waals surface area (Å²) in [4.78, 5) is 2.39. The fourth-order valence-corrected chi connectivity index (χ4v) is 3.68. The number of hydrogen-bond acceptors (Lipinski definition) is 2. The molecule has 2 heterocycles. The van der Waals surface area contributed by atoms with Gasteiger partial charge in [-0.25, -0.2) is 4.39 Å². The molecule has 0 radical (unpaired) electrons. The largest absolute Gasteiger partial charge is 0.389 e. The van der Waals surface area contributed by atoms with Crippen molar-refractivity contribution >= 4 is 15.9 Å². The van der Waals surface area contributed by atoms with Crippen LogP contribution in [0.25, 0.3) is 0 Å². The molecule has 0 aromatic heterocycles. The fourth-order valence-electron chi connectivity index (χ4n) is 3.27. The fraction of sp³-hybridized carbons (Fsp3) is 0.571. The number of aliphatic hydroxyl groups is 1. The van der Waals surface area contributed by atoms with Gasteiger partial charge in [0.15, 0.2) is 0 Å². The van der Waals surface area contributed by atoms with Gasteiger partial charge in [-0.15, -0.1) is 0 Å². The summed E-state index contributed by atoms with van der Waals surface area (Å²) >= 11 is 3.36. The molecule has 1 N–H and O–H groups in total. The molecule has 2 saturated heterocycles. The van der Waals surface area contributed by atoms with Crippen LogP contribution in [-0.4, -0.2) is 35.2 Å². The topological polar surface area (TPSA) is 23.5 Å². The van der Waals surface area contributed by atoms with Crippen molar-refractivity contribution in [1.82, 2.24) is 4.90 Å². The van der Waals surface area contributed by atoms with E-state index in [1.165, 1.54) is 6.07 Å². The number of fused-ring (bicyclic) bond motifs is 2. The molecular formula is C14H17BrFNO. The summed E-state index contributed by atoms with van der Waals surface area (Å²) in [5.74, 6) is 0.0803. The maximum atomic E-state index is 13.8. The lowest BCUT2D eigenvalue weighted by molar-refractivity contribution is -0.0444. The Labute approximate surface area is 115 Å². The minimum absolute atomic E-state index is 0.216. The van der Waals surface area contributed by atoms with E-state index in [0.29, 0.717) is 17.9 Å². The number of benzene rings is 1. The molecule has 2 aliphatic heterocycles. The van der Waals surface area contributed by atoms with Crippen LogP contribution >= 0.6 is 15.9 Å². The molecule has 3 atom stereocenters. The Morgan fingerprint density at radius 3 is 3.11 bits per heavy atom. The van der Waals surface area contributed by atoms with Gasteiger partial charge < -0.3 is 10.0 Å². The Kier molecular flexibility index (Phi) is 3.20. The van der Waals surface area contributed by atoms with Crippen LogP contribution in [-0.2, 0) is 6.42 Å². The number of hydrogen-bond donors (Lipinski definition) is 1. The highest BCUT2D eigenvalue weighted by Gasteiger charge is 2.44. The predicted molar refractivity (Wildman–Crippen MR) is 71.9 cm³/mol. The molecule has 2 nitrogen and oxygen atoms in total. The highest BCUT2D eigenvalue weighted by Crippen LogP contribution is 2.38. The van der Waals surface area contributed by atoms with Gasteiger partial charge >= 0.3 is 0 Å². The van der Waals surface area contributed by atoms with Gasteiger partial charge in [-0.2, -0.15) is 0 Å². The number of halogens is 2. The first-order chi connectivity index (χ1) is 8.57. The van der Waals surface area contributed by atoms with E-state index >= 15 is 0 Å². The monoisotopic (exact) mass is 313 g/mol. The third kappa shape index (κ3) is 2.22. The molecule has 2 bridgehead atoms. The van der Waals surface area contributed by atoms with E-state index in [4.69, 9.17) is 0 Å². The molecule has 0 saturated carbocycles. The van der Waals surface area contributed by atoms with Crippen LogP contribution in [0, 0.1) is 11.7 Å². The Morgan fingerprint density at radius 1 is 1.44 bits per heavy atom. The second kappa shape index (κ2) is 4.58. The van der Waals surface area contributed by atoms with Crippen LogP contribution in [0.5, 0.6) is 0 Å². The summed E-state index contributed by atoms with van der Waals surface area (Å²) in [6.45, 7) is 2.97. The van der Waals surface area contributed by atoms with Crippen molar-refractivity contribution in [3.8, 4) is 0 Å².